The summed E-state index contributed by atoms with van der Waals surface area (Å²) in [7, 11) is 0. The molecule has 2 aromatic carbocycles. The Morgan fingerprint density at radius 2 is 1.81 bits per heavy atom. The molecule has 0 bridgehead atoms. The van der Waals surface area contributed by atoms with Crippen LogP contribution in [0.3, 0.4) is 0 Å². The highest BCUT2D eigenvalue weighted by Gasteiger charge is 2.35. The Morgan fingerprint density at radius 3 is 2.41 bits per heavy atom. The first-order chi connectivity index (χ1) is 14.9. The summed E-state index contributed by atoms with van der Waals surface area (Å²) in [5.74, 6) is 0. The fourth-order valence-electron chi connectivity index (χ4n) is 3.40. The number of nitrogens with one attached hydrogen (secondary N) is 2. The minimum absolute atomic E-state index is 0.00955. The van der Waals surface area contributed by atoms with Crippen molar-refractivity contribution in [3.8, 4) is 0 Å². The Labute approximate surface area is 189 Å². The molecule has 0 aliphatic rings. The fourth-order valence-corrected chi connectivity index (χ4v) is 3.40. The Morgan fingerprint density at radius 1 is 1.16 bits per heavy atom. The van der Waals surface area contributed by atoms with Gasteiger partial charge in [-0.15, -0.1) is 0 Å². The van der Waals surface area contributed by atoms with Crippen LogP contribution in [0.15, 0.2) is 48.5 Å². The quantitative estimate of drug-likeness (QED) is 0.289. The van der Waals surface area contributed by atoms with Crippen molar-refractivity contribution < 1.29 is 19.6 Å². The van der Waals surface area contributed by atoms with Crippen molar-refractivity contribution in [3.63, 3.8) is 0 Å². The average molecular weight is 444 g/mol. The van der Waals surface area contributed by atoms with E-state index in [1.807, 2.05) is 25.1 Å². The van der Waals surface area contributed by atoms with E-state index in [-0.39, 0.29) is 5.69 Å². The number of amides is 1. The van der Waals surface area contributed by atoms with Crippen LogP contribution in [0.4, 0.5) is 16.2 Å². The third kappa shape index (κ3) is 7.23. The van der Waals surface area contributed by atoms with Crippen LogP contribution >= 0.6 is 0 Å². The van der Waals surface area contributed by atoms with Crippen LogP contribution in [0.1, 0.15) is 51.7 Å². The van der Waals surface area contributed by atoms with E-state index in [1.165, 1.54) is 6.07 Å². The average Bonchev–Trinajstić information content (AvgIpc) is 2.69. The van der Waals surface area contributed by atoms with E-state index in [4.69, 9.17) is 4.74 Å². The molecular formula is C24H33N3O5. The maximum Gasteiger partial charge on any atom is 0.407 e. The van der Waals surface area contributed by atoms with Gasteiger partial charge in [0.15, 0.2) is 0 Å². The summed E-state index contributed by atoms with van der Waals surface area (Å²) in [5, 5.41) is 28.5. The number of hydrogen-bond acceptors (Lipinski definition) is 6. The van der Waals surface area contributed by atoms with Crippen molar-refractivity contribution in [2.24, 2.45) is 0 Å². The summed E-state index contributed by atoms with van der Waals surface area (Å²) in [6.07, 6.45) is 0.364. The van der Waals surface area contributed by atoms with Crippen molar-refractivity contribution in [1.29, 1.82) is 0 Å². The topological polar surface area (TPSA) is 114 Å². The van der Waals surface area contributed by atoms with Gasteiger partial charge in [0.1, 0.15) is 16.9 Å². The third-order valence-electron chi connectivity index (χ3n) is 5.06. The van der Waals surface area contributed by atoms with Gasteiger partial charge in [0.2, 0.25) is 0 Å². The number of nitrogens with zero attached hydrogens (tertiary/aromatic N) is 1. The molecule has 0 aromatic heterocycles. The van der Waals surface area contributed by atoms with Gasteiger partial charge >= 0.3 is 6.09 Å². The maximum atomic E-state index is 12.4. The second kappa shape index (κ2) is 10.5. The van der Waals surface area contributed by atoms with Crippen LogP contribution in [0, 0.1) is 17.0 Å². The molecule has 0 saturated carbocycles. The van der Waals surface area contributed by atoms with Crippen LogP contribution in [0.2, 0.25) is 0 Å². The number of ether oxygens (including phenoxy) is 1. The Bertz CT molecular complexity index is 923. The number of anilines is 1. The number of aryl methyl sites for hydroxylation is 1. The second-order valence-electron chi connectivity index (χ2n) is 9.06. The molecule has 174 valence electrons. The summed E-state index contributed by atoms with van der Waals surface area (Å²) < 4.78 is 5.38. The van der Waals surface area contributed by atoms with Crippen LogP contribution in [0.5, 0.6) is 0 Å². The lowest BCUT2D eigenvalue weighted by atomic mass is 9.85. The molecule has 2 aromatic rings. The van der Waals surface area contributed by atoms with Crippen molar-refractivity contribution >= 4 is 17.5 Å². The zero-order chi connectivity index (χ0) is 23.9. The molecule has 32 heavy (non-hydrogen) atoms. The molecule has 8 heteroatoms. The Hall–Kier alpha value is -3.13. The van der Waals surface area contributed by atoms with Gasteiger partial charge in [0.05, 0.1) is 11.0 Å². The normalized spacial score (nSPS) is 14.2. The fraction of sp³-hybridized carbons (Fsp3) is 0.458. The molecule has 0 saturated heterocycles. The standard InChI is InChI=1S/C24H33N3O5/c1-17-13-14-20(27(30)31)19(16-17)25-15-9-12-21(26-22(28)32-23(2,3)4)24(5,29)18-10-7-6-8-11-18/h6-8,10-11,13-14,16,21,25,29H,9,12,15H2,1-5H3,(H,26,28). The highest BCUT2D eigenvalue weighted by atomic mass is 16.6. The minimum atomic E-state index is -1.34. The molecule has 2 rings (SSSR count). The molecule has 3 N–H and O–H groups in total. The van der Waals surface area contributed by atoms with Crippen LogP contribution < -0.4 is 10.6 Å². The first-order valence-electron chi connectivity index (χ1n) is 10.7. The molecule has 0 aliphatic carbocycles. The van der Waals surface area contributed by atoms with Gasteiger partial charge in [0.25, 0.3) is 5.69 Å². The molecule has 0 fully saturated rings. The van der Waals surface area contributed by atoms with Crippen molar-refractivity contribution in [2.45, 2.75) is 64.7 Å². The van der Waals surface area contributed by atoms with Gasteiger partial charge in [-0.2, -0.15) is 0 Å². The number of nitro groups is 1. The summed E-state index contributed by atoms with van der Waals surface area (Å²) in [5.41, 5.74) is 0.0292. The van der Waals surface area contributed by atoms with Gasteiger partial charge in [-0.3, -0.25) is 10.1 Å². The van der Waals surface area contributed by atoms with Gasteiger partial charge in [-0.05, 0) is 64.7 Å². The molecule has 0 heterocycles. The summed E-state index contributed by atoms with van der Waals surface area (Å²) >= 11 is 0. The summed E-state index contributed by atoms with van der Waals surface area (Å²) in [4.78, 5) is 23.3. The van der Waals surface area contributed by atoms with E-state index < -0.39 is 28.3 Å². The van der Waals surface area contributed by atoms with Gasteiger partial charge < -0.3 is 20.5 Å². The number of carbonyl (C=O) groups excluding carboxylic acids is 1. The molecule has 2 atom stereocenters. The molecule has 8 nitrogen and oxygen atoms in total. The second-order valence-corrected chi connectivity index (χ2v) is 9.06. The van der Waals surface area contributed by atoms with Crippen molar-refractivity contribution in [3.05, 3.63) is 69.8 Å². The first-order valence-corrected chi connectivity index (χ1v) is 10.7. The monoisotopic (exact) mass is 443 g/mol. The number of rotatable bonds is 9. The lowest BCUT2D eigenvalue weighted by Crippen LogP contribution is -2.50. The predicted molar refractivity (Wildman–Crippen MR) is 125 cm³/mol. The summed E-state index contributed by atoms with van der Waals surface area (Å²) in [6, 6.07) is 13.4. The number of aliphatic hydroxyl groups is 1. The molecule has 0 radical (unpaired) electrons. The Kier molecular flexibility index (Phi) is 8.21. The highest BCUT2D eigenvalue weighted by molar-refractivity contribution is 5.68. The van der Waals surface area contributed by atoms with Crippen LogP contribution in [-0.4, -0.2) is 34.3 Å². The van der Waals surface area contributed by atoms with Crippen LogP contribution in [0.25, 0.3) is 0 Å². The van der Waals surface area contributed by atoms with Crippen molar-refractivity contribution in [2.75, 3.05) is 11.9 Å². The van der Waals surface area contributed by atoms with E-state index in [9.17, 15) is 20.0 Å². The van der Waals surface area contributed by atoms with Crippen molar-refractivity contribution in [1.82, 2.24) is 5.32 Å². The lowest BCUT2D eigenvalue weighted by molar-refractivity contribution is -0.384. The number of carbonyl (C=O) groups is 1. The zero-order valence-corrected chi connectivity index (χ0v) is 19.3. The predicted octanol–water partition coefficient (Wildman–Crippen LogP) is 4.90. The number of alkyl carbamates (subject to hydrolysis) is 1. The largest absolute Gasteiger partial charge is 0.444 e. The summed E-state index contributed by atoms with van der Waals surface area (Å²) in [6.45, 7) is 9.28. The lowest BCUT2D eigenvalue weighted by Gasteiger charge is -2.34. The smallest absolute Gasteiger partial charge is 0.407 e. The van der Waals surface area contributed by atoms with E-state index >= 15 is 0 Å². The van der Waals surface area contributed by atoms with E-state index in [0.29, 0.717) is 30.6 Å². The van der Waals surface area contributed by atoms with Gasteiger partial charge in [-0.1, -0.05) is 36.4 Å². The molecular weight excluding hydrogens is 410 g/mol. The SMILES string of the molecule is Cc1ccc([N+](=O)[O-])c(NCCCC(NC(=O)OC(C)(C)C)C(C)(O)c2ccccc2)c1. The van der Waals surface area contributed by atoms with E-state index in [1.54, 1.807) is 52.0 Å². The van der Waals surface area contributed by atoms with Gasteiger partial charge in [-0.25, -0.2) is 4.79 Å². The van der Waals surface area contributed by atoms with Crippen LogP contribution in [-0.2, 0) is 10.3 Å². The molecule has 1 amide bonds. The number of benzene rings is 2. The molecule has 0 spiro atoms. The third-order valence-corrected chi connectivity index (χ3v) is 5.06. The number of hydrogen-bond donors (Lipinski definition) is 3. The minimum Gasteiger partial charge on any atom is -0.444 e. The van der Waals surface area contributed by atoms with E-state index in [2.05, 4.69) is 10.6 Å². The zero-order valence-electron chi connectivity index (χ0n) is 19.3. The maximum absolute atomic E-state index is 12.4. The molecule has 0 aliphatic heterocycles. The van der Waals surface area contributed by atoms with Gasteiger partial charge in [0, 0.05) is 12.6 Å². The Balaban J connectivity index is 2.11. The van der Waals surface area contributed by atoms with E-state index in [0.717, 1.165) is 5.56 Å². The number of nitro benzene ring substituents is 1. The molecule has 2 unspecified atom stereocenters. The first kappa shape index (κ1) is 25.1. The highest BCUT2D eigenvalue weighted by Crippen LogP contribution is 2.28.